The Labute approximate surface area is 137 Å². The largest absolute Gasteiger partial charge is 0.313 e. The summed E-state index contributed by atoms with van der Waals surface area (Å²) in [7, 11) is -3.64. The zero-order chi connectivity index (χ0) is 15.6. The van der Waals surface area contributed by atoms with Gasteiger partial charge >= 0.3 is 0 Å². The minimum absolute atomic E-state index is 0.0616. The number of nitrogens with zero attached hydrogens (tertiary/aromatic N) is 3. The average molecular weight is 383 g/mol. The standard InChI is InChI=1S/C14H15BrN4O2S/c15-12-3-4-14(18-9-12)22(20,21)19-7-6-17-10-13(19)11-2-1-5-16-8-11/h1-5,8-9,13,17H,6-7,10H2. The van der Waals surface area contributed by atoms with Crippen molar-refractivity contribution in [2.45, 2.75) is 11.1 Å². The first kappa shape index (κ1) is 15.5. The second-order valence-corrected chi connectivity index (χ2v) is 7.69. The lowest BCUT2D eigenvalue weighted by atomic mass is 10.1. The molecular weight excluding hydrogens is 368 g/mol. The fourth-order valence-corrected chi connectivity index (χ4v) is 4.23. The number of aromatic nitrogens is 2. The molecule has 1 saturated heterocycles. The van der Waals surface area contributed by atoms with Crippen molar-refractivity contribution in [1.82, 2.24) is 19.6 Å². The van der Waals surface area contributed by atoms with E-state index in [0.29, 0.717) is 19.6 Å². The smallest absolute Gasteiger partial charge is 0.261 e. The van der Waals surface area contributed by atoms with Crippen LogP contribution in [0.2, 0.25) is 0 Å². The number of piperazine rings is 1. The third kappa shape index (κ3) is 3.05. The van der Waals surface area contributed by atoms with E-state index in [1.54, 1.807) is 18.5 Å². The summed E-state index contributed by atoms with van der Waals surface area (Å²) in [6, 6.07) is 6.62. The summed E-state index contributed by atoms with van der Waals surface area (Å²) in [4.78, 5) is 8.13. The van der Waals surface area contributed by atoms with E-state index in [1.807, 2.05) is 12.1 Å². The molecule has 1 aliphatic rings. The Kier molecular flexibility index (Phi) is 4.53. The maximum atomic E-state index is 12.9. The minimum Gasteiger partial charge on any atom is -0.313 e. The number of nitrogens with one attached hydrogen (secondary N) is 1. The first-order valence-corrected chi connectivity index (χ1v) is 9.06. The maximum Gasteiger partial charge on any atom is 0.261 e. The maximum absolute atomic E-state index is 12.9. The molecule has 0 aromatic carbocycles. The van der Waals surface area contributed by atoms with Crippen LogP contribution < -0.4 is 5.32 Å². The van der Waals surface area contributed by atoms with Crippen LogP contribution in [-0.4, -0.2) is 42.3 Å². The van der Waals surface area contributed by atoms with E-state index in [0.717, 1.165) is 10.0 Å². The van der Waals surface area contributed by atoms with Gasteiger partial charge in [0.2, 0.25) is 0 Å². The fraction of sp³-hybridized carbons (Fsp3) is 0.286. The van der Waals surface area contributed by atoms with Gasteiger partial charge in [0.1, 0.15) is 0 Å². The molecule has 1 aliphatic heterocycles. The summed E-state index contributed by atoms with van der Waals surface area (Å²) >= 11 is 3.27. The van der Waals surface area contributed by atoms with Crippen LogP contribution in [0.3, 0.4) is 0 Å². The normalized spacial score (nSPS) is 20.0. The zero-order valence-corrected chi connectivity index (χ0v) is 14.1. The Hall–Kier alpha value is -1.35. The zero-order valence-electron chi connectivity index (χ0n) is 11.7. The van der Waals surface area contributed by atoms with Crippen molar-refractivity contribution in [1.29, 1.82) is 0 Å². The monoisotopic (exact) mass is 382 g/mol. The number of pyridine rings is 2. The molecule has 0 aliphatic carbocycles. The lowest BCUT2D eigenvalue weighted by Gasteiger charge is -2.34. The number of rotatable bonds is 3. The summed E-state index contributed by atoms with van der Waals surface area (Å²) in [6.45, 7) is 1.58. The SMILES string of the molecule is O=S(=O)(c1ccc(Br)cn1)N1CCNCC1c1cccnc1. The molecule has 116 valence electrons. The Morgan fingerprint density at radius 2 is 2.14 bits per heavy atom. The summed E-state index contributed by atoms with van der Waals surface area (Å²) in [5.41, 5.74) is 0.871. The molecule has 0 spiro atoms. The highest BCUT2D eigenvalue weighted by Crippen LogP contribution is 2.28. The van der Waals surface area contributed by atoms with Crippen molar-refractivity contribution in [3.05, 3.63) is 52.9 Å². The number of hydrogen-bond acceptors (Lipinski definition) is 5. The molecule has 1 N–H and O–H groups in total. The quantitative estimate of drug-likeness (QED) is 0.871. The van der Waals surface area contributed by atoms with Crippen molar-refractivity contribution in [2.24, 2.45) is 0 Å². The van der Waals surface area contributed by atoms with Crippen LogP contribution in [0, 0.1) is 0 Å². The molecule has 0 radical (unpaired) electrons. The topological polar surface area (TPSA) is 75.2 Å². The predicted octanol–water partition coefficient (Wildman–Crippen LogP) is 1.57. The summed E-state index contributed by atoms with van der Waals surface area (Å²) in [5.74, 6) is 0. The molecular formula is C14H15BrN4O2S. The predicted molar refractivity (Wildman–Crippen MR) is 85.7 cm³/mol. The van der Waals surface area contributed by atoms with Crippen molar-refractivity contribution in [2.75, 3.05) is 19.6 Å². The van der Waals surface area contributed by atoms with E-state index in [4.69, 9.17) is 0 Å². The van der Waals surface area contributed by atoms with Crippen LogP contribution in [0.5, 0.6) is 0 Å². The highest BCUT2D eigenvalue weighted by atomic mass is 79.9. The molecule has 0 bridgehead atoms. The van der Waals surface area contributed by atoms with Crippen LogP contribution in [0.1, 0.15) is 11.6 Å². The summed E-state index contributed by atoms with van der Waals surface area (Å²) < 4.78 is 28.0. The van der Waals surface area contributed by atoms with Gasteiger partial charge in [-0.05, 0) is 39.7 Å². The molecule has 2 aromatic heterocycles. The van der Waals surface area contributed by atoms with E-state index >= 15 is 0 Å². The molecule has 6 nitrogen and oxygen atoms in total. The van der Waals surface area contributed by atoms with Crippen LogP contribution >= 0.6 is 15.9 Å². The molecule has 3 rings (SSSR count). The molecule has 1 atom stereocenters. The van der Waals surface area contributed by atoms with Gasteiger partial charge in [0.15, 0.2) is 5.03 Å². The Balaban J connectivity index is 1.98. The van der Waals surface area contributed by atoms with Gasteiger partial charge in [0.05, 0.1) is 6.04 Å². The molecule has 0 saturated carbocycles. The van der Waals surface area contributed by atoms with Crippen molar-refractivity contribution < 1.29 is 8.42 Å². The third-order valence-electron chi connectivity index (χ3n) is 3.54. The van der Waals surface area contributed by atoms with Crippen LogP contribution in [-0.2, 0) is 10.0 Å². The van der Waals surface area contributed by atoms with Crippen molar-refractivity contribution in [3.63, 3.8) is 0 Å². The van der Waals surface area contributed by atoms with E-state index in [9.17, 15) is 8.42 Å². The second kappa shape index (κ2) is 6.41. The number of halogens is 1. The molecule has 8 heteroatoms. The van der Waals surface area contributed by atoms with E-state index in [-0.39, 0.29) is 11.1 Å². The molecule has 1 fully saturated rings. The first-order chi connectivity index (χ1) is 10.6. The van der Waals surface area contributed by atoms with Gasteiger partial charge in [-0.2, -0.15) is 4.31 Å². The Morgan fingerprint density at radius 1 is 1.27 bits per heavy atom. The fourth-order valence-electron chi connectivity index (χ4n) is 2.47. The van der Waals surface area contributed by atoms with Gasteiger partial charge in [0, 0.05) is 42.7 Å². The molecule has 3 heterocycles. The van der Waals surface area contributed by atoms with E-state index < -0.39 is 10.0 Å². The average Bonchev–Trinajstić information content (AvgIpc) is 2.56. The van der Waals surface area contributed by atoms with Gasteiger partial charge in [-0.25, -0.2) is 13.4 Å². The number of sulfonamides is 1. The Bertz CT molecular complexity index is 737. The van der Waals surface area contributed by atoms with E-state index in [1.165, 1.54) is 16.6 Å². The minimum atomic E-state index is -3.64. The molecule has 0 amide bonds. The van der Waals surface area contributed by atoms with E-state index in [2.05, 4.69) is 31.2 Å². The molecule has 22 heavy (non-hydrogen) atoms. The Morgan fingerprint density at radius 3 is 2.82 bits per heavy atom. The molecule has 2 aromatic rings. The van der Waals surface area contributed by atoms with Crippen LogP contribution in [0.15, 0.2) is 52.4 Å². The van der Waals surface area contributed by atoms with Crippen molar-refractivity contribution in [3.8, 4) is 0 Å². The van der Waals surface area contributed by atoms with Gasteiger partial charge < -0.3 is 5.32 Å². The lowest BCUT2D eigenvalue weighted by Crippen LogP contribution is -2.48. The van der Waals surface area contributed by atoms with Gasteiger partial charge in [-0.15, -0.1) is 0 Å². The first-order valence-electron chi connectivity index (χ1n) is 6.83. The van der Waals surface area contributed by atoms with Gasteiger partial charge in [-0.3, -0.25) is 4.98 Å². The van der Waals surface area contributed by atoms with Crippen LogP contribution in [0.4, 0.5) is 0 Å². The summed E-state index contributed by atoms with van der Waals surface area (Å²) in [5, 5.41) is 3.30. The third-order valence-corrected chi connectivity index (χ3v) is 5.83. The summed E-state index contributed by atoms with van der Waals surface area (Å²) in [6.07, 6.45) is 4.87. The number of hydrogen-bond donors (Lipinski definition) is 1. The molecule has 1 unspecified atom stereocenters. The lowest BCUT2D eigenvalue weighted by molar-refractivity contribution is 0.270. The second-order valence-electron chi connectivity index (χ2n) is 4.94. The highest BCUT2D eigenvalue weighted by molar-refractivity contribution is 9.10. The van der Waals surface area contributed by atoms with Gasteiger partial charge in [-0.1, -0.05) is 6.07 Å². The van der Waals surface area contributed by atoms with Crippen molar-refractivity contribution >= 4 is 26.0 Å². The van der Waals surface area contributed by atoms with Gasteiger partial charge in [0.25, 0.3) is 10.0 Å². The highest BCUT2D eigenvalue weighted by Gasteiger charge is 2.35. The van der Waals surface area contributed by atoms with Crippen LogP contribution in [0.25, 0.3) is 0 Å².